The third kappa shape index (κ3) is 2.19. The van der Waals surface area contributed by atoms with E-state index in [1.54, 1.807) is 11.3 Å². The van der Waals surface area contributed by atoms with Crippen LogP contribution in [0.1, 0.15) is 10.4 Å². The zero-order chi connectivity index (χ0) is 9.26. The van der Waals surface area contributed by atoms with Gasteiger partial charge in [-0.3, -0.25) is 4.68 Å². The van der Waals surface area contributed by atoms with Gasteiger partial charge >= 0.3 is 0 Å². The van der Waals surface area contributed by atoms with Crippen LogP contribution >= 0.6 is 27.3 Å². The lowest BCUT2D eigenvalue weighted by molar-refractivity contribution is 0.694. The molecule has 0 aromatic carbocycles. The molecule has 2 heterocycles. The molecule has 2 rings (SSSR count). The maximum absolute atomic E-state index is 4.23. The van der Waals surface area contributed by atoms with Crippen LogP contribution in [-0.4, -0.2) is 9.78 Å². The second-order valence-electron chi connectivity index (χ2n) is 2.95. The number of aryl methyl sites for hydroxylation is 1. The number of thiophene rings is 1. The molecule has 0 amide bonds. The second kappa shape index (κ2) is 3.64. The largest absolute Gasteiger partial charge is 0.267 e. The smallest absolute Gasteiger partial charge is 0.0752 e. The summed E-state index contributed by atoms with van der Waals surface area (Å²) in [6.45, 7) is 2.91. The number of rotatable bonds is 2. The van der Waals surface area contributed by atoms with Gasteiger partial charge < -0.3 is 0 Å². The SMILES string of the molecule is Cc1cnn(Cc2cc(Br)cs2)c1. The van der Waals surface area contributed by atoms with E-state index < -0.39 is 0 Å². The highest BCUT2D eigenvalue weighted by Gasteiger charge is 1.99. The molecule has 0 bridgehead atoms. The molecule has 0 saturated heterocycles. The minimum Gasteiger partial charge on any atom is -0.267 e. The van der Waals surface area contributed by atoms with Gasteiger partial charge in [0.15, 0.2) is 0 Å². The van der Waals surface area contributed by atoms with Gasteiger partial charge in [0.1, 0.15) is 0 Å². The van der Waals surface area contributed by atoms with Gasteiger partial charge in [-0.05, 0) is 34.5 Å². The summed E-state index contributed by atoms with van der Waals surface area (Å²) in [4.78, 5) is 1.31. The third-order valence-corrected chi connectivity index (χ3v) is 3.38. The molecule has 0 fully saturated rings. The molecule has 4 heteroatoms. The normalized spacial score (nSPS) is 10.6. The van der Waals surface area contributed by atoms with E-state index in [-0.39, 0.29) is 0 Å². The van der Waals surface area contributed by atoms with E-state index in [1.807, 2.05) is 24.0 Å². The lowest BCUT2D eigenvalue weighted by Gasteiger charge is -1.96. The highest BCUT2D eigenvalue weighted by molar-refractivity contribution is 9.10. The van der Waals surface area contributed by atoms with Gasteiger partial charge in [-0.2, -0.15) is 5.10 Å². The van der Waals surface area contributed by atoms with Gasteiger partial charge in [-0.1, -0.05) is 0 Å². The predicted molar refractivity (Wildman–Crippen MR) is 58.1 cm³/mol. The molecule has 13 heavy (non-hydrogen) atoms. The van der Waals surface area contributed by atoms with E-state index in [0.29, 0.717) is 0 Å². The van der Waals surface area contributed by atoms with E-state index in [4.69, 9.17) is 0 Å². The fraction of sp³-hybridized carbons (Fsp3) is 0.222. The monoisotopic (exact) mass is 256 g/mol. The van der Waals surface area contributed by atoms with E-state index in [2.05, 4.69) is 32.5 Å². The molecule has 0 spiro atoms. The zero-order valence-corrected chi connectivity index (χ0v) is 9.60. The van der Waals surface area contributed by atoms with Crippen molar-refractivity contribution in [2.24, 2.45) is 0 Å². The van der Waals surface area contributed by atoms with Crippen LogP contribution in [0.2, 0.25) is 0 Å². The Morgan fingerprint density at radius 3 is 3.00 bits per heavy atom. The van der Waals surface area contributed by atoms with Crippen LogP contribution in [0.25, 0.3) is 0 Å². The summed E-state index contributed by atoms with van der Waals surface area (Å²) >= 11 is 5.18. The average Bonchev–Trinajstić information content (AvgIpc) is 2.62. The second-order valence-corrected chi connectivity index (χ2v) is 4.86. The van der Waals surface area contributed by atoms with Crippen molar-refractivity contribution in [2.75, 3.05) is 0 Å². The zero-order valence-electron chi connectivity index (χ0n) is 7.20. The van der Waals surface area contributed by atoms with Crippen LogP contribution in [0, 0.1) is 6.92 Å². The molecule has 0 aliphatic heterocycles. The van der Waals surface area contributed by atoms with Crippen LogP contribution in [0.3, 0.4) is 0 Å². The third-order valence-electron chi connectivity index (χ3n) is 1.70. The Kier molecular flexibility index (Phi) is 2.51. The van der Waals surface area contributed by atoms with Crippen molar-refractivity contribution >= 4 is 27.3 Å². The minimum atomic E-state index is 0.865. The molecule has 0 aliphatic carbocycles. The van der Waals surface area contributed by atoms with E-state index in [0.717, 1.165) is 11.0 Å². The van der Waals surface area contributed by atoms with Crippen LogP contribution in [0.5, 0.6) is 0 Å². The number of hydrogen-bond acceptors (Lipinski definition) is 2. The highest BCUT2D eigenvalue weighted by Crippen LogP contribution is 2.20. The Morgan fingerprint density at radius 2 is 2.46 bits per heavy atom. The Hall–Kier alpha value is -0.610. The summed E-state index contributed by atoms with van der Waals surface area (Å²) in [5.74, 6) is 0. The molecule has 0 aliphatic rings. The Balaban J connectivity index is 2.14. The van der Waals surface area contributed by atoms with Crippen LogP contribution in [0.4, 0.5) is 0 Å². The average molecular weight is 257 g/mol. The highest BCUT2D eigenvalue weighted by atomic mass is 79.9. The molecule has 0 radical (unpaired) electrons. The minimum absolute atomic E-state index is 0.865. The summed E-state index contributed by atoms with van der Waals surface area (Å²) in [6, 6.07) is 2.13. The topological polar surface area (TPSA) is 17.8 Å². The molecule has 0 unspecified atom stereocenters. The molecular weight excluding hydrogens is 248 g/mol. The summed E-state index contributed by atoms with van der Waals surface area (Å²) < 4.78 is 3.10. The molecule has 0 atom stereocenters. The molecule has 0 saturated carbocycles. The van der Waals surface area contributed by atoms with Gasteiger partial charge in [0.25, 0.3) is 0 Å². The molecule has 2 aromatic heterocycles. The summed E-state index contributed by atoms with van der Waals surface area (Å²) in [7, 11) is 0. The van der Waals surface area contributed by atoms with Gasteiger partial charge in [0.2, 0.25) is 0 Å². The fourth-order valence-corrected chi connectivity index (χ4v) is 2.59. The molecular formula is C9H9BrN2S. The quantitative estimate of drug-likeness (QED) is 0.808. The first kappa shape index (κ1) is 8.97. The van der Waals surface area contributed by atoms with Gasteiger partial charge in [-0.15, -0.1) is 11.3 Å². The summed E-state index contributed by atoms with van der Waals surface area (Å²) in [6.07, 6.45) is 3.93. The van der Waals surface area contributed by atoms with Crippen molar-refractivity contribution in [3.8, 4) is 0 Å². The van der Waals surface area contributed by atoms with Crippen molar-refractivity contribution in [1.82, 2.24) is 9.78 Å². The standard InChI is InChI=1S/C9H9BrN2S/c1-7-3-11-12(4-7)5-9-2-8(10)6-13-9/h2-4,6H,5H2,1H3. The molecule has 2 nitrogen and oxygen atoms in total. The first-order valence-corrected chi connectivity index (χ1v) is 5.63. The number of aromatic nitrogens is 2. The van der Waals surface area contributed by atoms with Crippen molar-refractivity contribution in [2.45, 2.75) is 13.5 Å². The number of nitrogens with zero attached hydrogens (tertiary/aromatic N) is 2. The maximum Gasteiger partial charge on any atom is 0.0752 e. The van der Waals surface area contributed by atoms with Gasteiger partial charge in [0, 0.05) is 20.9 Å². The van der Waals surface area contributed by atoms with Crippen LogP contribution in [-0.2, 0) is 6.54 Å². The summed E-state index contributed by atoms with van der Waals surface area (Å²) in [5.41, 5.74) is 1.20. The molecule has 2 aromatic rings. The Labute approximate surface area is 89.3 Å². The lowest BCUT2D eigenvalue weighted by Crippen LogP contribution is -1.97. The predicted octanol–water partition coefficient (Wildman–Crippen LogP) is 3.06. The van der Waals surface area contributed by atoms with E-state index in [1.165, 1.54) is 10.4 Å². The van der Waals surface area contributed by atoms with Crippen molar-refractivity contribution < 1.29 is 0 Å². The fourth-order valence-electron chi connectivity index (χ4n) is 1.15. The van der Waals surface area contributed by atoms with E-state index in [9.17, 15) is 0 Å². The van der Waals surface area contributed by atoms with Gasteiger partial charge in [-0.25, -0.2) is 0 Å². The van der Waals surface area contributed by atoms with Crippen LogP contribution in [0.15, 0.2) is 28.3 Å². The summed E-state index contributed by atoms with van der Waals surface area (Å²) in [5, 5.41) is 6.32. The maximum atomic E-state index is 4.23. The Morgan fingerprint density at radius 1 is 1.62 bits per heavy atom. The van der Waals surface area contributed by atoms with Crippen LogP contribution < -0.4 is 0 Å². The number of hydrogen-bond donors (Lipinski definition) is 0. The van der Waals surface area contributed by atoms with Gasteiger partial charge in [0.05, 0.1) is 12.7 Å². The Bertz CT molecular complexity index is 367. The lowest BCUT2D eigenvalue weighted by atomic mass is 10.4. The first-order valence-electron chi connectivity index (χ1n) is 3.96. The number of halogens is 1. The first-order chi connectivity index (χ1) is 6.24. The van der Waals surface area contributed by atoms with E-state index >= 15 is 0 Å². The molecule has 0 N–H and O–H groups in total. The van der Waals surface area contributed by atoms with Crippen molar-refractivity contribution in [3.63, 3.8) is 0 Å². The molecule has 68 valence electrons. The van der Waals surface area contributed by atoms with Crippen molar-refractivity contribution in [3.05, 3.63) is 38.8 Å². The van der Waals surface area contributed by atoms with Crippen molar-refractivity contribution in [1.29, 1.82) is 0 Å².